The molecule has 0 unspecified atom stereocenters. The summed E-state index contributed by atoms with van der Waals surface area (Å²) in [7, 11) is 0. The summed E-state index contributed by atoms with van der Waals surface area (Å²) in [6.07, 6.45) is 0. The zero-order chi connectivity index (χ0) is 15.9. The average Bonchev–Trinajstić information content (AvgIpc) is 3.36. The van der Waals surface area contributed by atoms with E-state index >= 15 is 0 Å². The van der Waals surface area contributed by atoms with Crippen LogP contribution in [0.5, 0.6) is 0 Å². The van der Waals surface area contributed by atoms with Gasteiger partial charge in [-0.3, -0.25) is 0 Å². The second-order valence-corrected chi connectivity index (χ2v) is 6.58. The Bertz CT molecular complexity index is 661. The fourth-order valence-electron chi connectivity index (χ4n) is 3.09. The van der Waals surface area contributed by atoms with Crippen LogP contribution >= 0.6 is 0 Å². The van der Waals surface area contributed by atoms with E-state index in [1.165, 1.54) is 11.1 Å². The van der Waals surface area contributed by atoms with Gasteiger partial charge >= 0.3 is 0 Å². The van der Waals surface area contributed by atoms with Crippen molar-refractivity contribution in [1.29, 1.82) is 0 Å². The molecular formula is C19H20N2O2-2. The van der Waals surface area contributed by atoms with Crippen molar-refractivity contribution in [1.82, 2.24) is 0 Å². The highest BCUT2D eigenvalue weighted by Crippen LogP contribution is 2.35. The molecule has 2 aliphatic heterocycles. The molecule has 0 amide bonds. The van der Waals surface area contributed by atoms with Crippen molar-refractivity contribution in [3.8, 4) is 0 Å². The van der Waals surface area contributed by atoms with Gasteiger partial charge in [-0.2, -0.15) is 24.3 Å². The van der Waals surface area contributed by atoms with E-state index in [9.17, 15) is 0 Å². The topological polar surface area (TPSA) is 43.2 Å². The van der Waals surface area contributed by atoms with Crippen LogP contribution in [0.25, 0.3) is 0 Å². The highest BCUT2D eigenvalue weighted by Gasteiger charge is 2.41. The summed E-state index contributed by atoms with van der Waals surface area (Å²) in [6.45, 7) is 5.29. The summed E-state index contributed by atoms with van der Waals surface area (Å²) < 4.78 is 11.8. The lowest BCUT2D eigenvalue weighted by atomic mass is 9.93. The Kier molecular flexibility index (Phi) is 3.33. The minimum Gasteiger partial charge on any atom is -0.478 e. The van der Waals surface area contributed by atoms with Gasteiger partial charge in [-0.05, 0) is 13.8 Å². The van der Waals surface area contributed by atoms with Crippen LogP contribution in [0, 0.1) is 5.41 Å². The standard InChI is InChI=1S/C19H20N2O2/c1-19(2,17-20-15(11-22-17)13-7-3-4-8-13)18-21-16(12-23-18)14-9-5-6-10-14/h3-10,15-16H,11-12H2,1-2H3/q-2/t15-,16-/m0/s1. The molecule has 120 valence electrons. The summed E-state index contributed by atoms with van der Waals surface area (Å²) in [5.41, 5.74) is 1.95. The number of aliphatic imine (C=N–C) groups is 2. The van der Waals surface area contributed by atoms with Crippen molar-refractivity contribution in [2.45, 2.75) is 25.9 Å². The SMILES string of the molecule is CC(C)(C1=N[C@H](c2ccc[cH-]2)CO1)C1=N[C@H](c2ccc[cH-]2)CO1. The van der Waals surface area contributed by atoms with E-state index < -0.39 is 5.41 Å². The molecule has 0 spiro atoms. The molecule has 2 atom stereocenters. The lowest BCUT2D eigenvalue weighted by Gasteiger charge is -2.22. The first-order valence-corrected chi connectivity index (χ1v) is 8.00. The van der Waals surface area contributed by atoms with Gasteiger partial charge in [-0.15, -0.1) is 11.1 Å². The Labute approximate surface area is 136 Å². The molecule has 23 heavy (non-hydrogen) atoms. The molecule has 2 heterocycles. The van der Waals surface area contributed by atoms with Crippen molar-refractivity contribution >= 4 is 11.8 Å². The zero-order valence-electron chi connectivity index (χ0n) is 13.4. The number of ether oxygens (including phenoxy) is 2. The second kappa shape index (κ2) is 5.37. The number of hydrogen-bond acceptors (Lipinski definition) is 4. The summed E-state index contributed by atoms with van der Waals surface area (Å²) >= 11 is 0. The van der Waals surface area contributed by atoms with Crippen molar-refractivity contribution in [2.75, 3.05) is 13.2 Å². The van der Waals surface area contributed by atoms with E-state index in [4.69, 9.17) is 19.5 Å². The van der Waals surface area contributed by atoms with Crippen LogP contribution in [-0.2, 0) is 9.47 Å². The van der Waals surface area contributed by atoms with Crippen molar-refractivity contribution < 1.29 is 9.47 Å². The Morgan fingerprint density at radius 3 is 1.78 bits per heavy atom. The number of hydrogen-bond donors (Lipinski definition) is 0. The summed E-state index contributed by atoms with van der Waals surface area (Å²) in [6, 6.07) is 16.6. The quantitative estimate of drug-likeness (QED) is 0.807. The molecule has 4 nitrogen and oxygen atoms in total. The lowest BCUT2D eigenvalue weighted by Crippen LogP contribution is -2.34. The van der Waals surface area contributed by atoms with Crippen molar-refractivity contribution in [2.24, 2.45) is 15.4 Å². The number of rotatable bonds is 4. The third-order valence-corrected chi connectivity index (χ3v) is 4.52. The molecule has 2 aliphatic rings. The van der Waals surface area contributed by atoms with Gasteiger partial charge in [0.1, 0.15) is 18.6 Å². The van der Waals surface area contributed by atoms with Crippen molar-refractivity contribution in [3.63, 3.8) is 0 Å². The zero-order valence-corrected chi connectivity index (χ0v) is 13.4. The molecule has 2 aromatic rings. The third kappa shape index (κ3) is 2.48. The van der Waals surface area contributed by atoms with Crippen LogP contribution in [0.2, 0.25) is 0 Å². The van der Waals surface area contributed by atoms with Gasteiger partial charge in [-0.25, -0.2) is 34.3 Å². The first kappa shape index (κ1) is 14.2. The van der Waals surface area contributed by atoms with Gasteiger partial charge in [0.25, 0.3) is 0 Å². The fourth-order valence-corrected chi connectivity index (χ4v) is 3.09. The summed E-state index contributed by atoms with van der Waals surface area (Å²) in [5.74, 6) is 1.43. The summed E-state index contributed by atoms with van der Waals surface area (Å²) in [4.78, 5) is 9.54. The van der Waals surface area contributed by atoms with Crippen LogP contribution in [0.15, 0.2) is 58.5 Å². The Balaban J connectivity index is 1.56. The molecular weight excluding hydrogens is 288 g/mol. The Hall–Kier alpha value is -2.36. The predicted octanol–water partition coefficient (Wildman–Crippen LogP) is 3.79. The van der Waals surface area contributed by atoms with Gasteiger partial charge in [0.2, 0.25) is 0 Å². The molecule has 0 fully saturated rings. The van der Waals surface area contributed by atoms with Gasteiger partial charge in [-0.1, -0.05) is 0 Å². The van der Waals surface area contributed by atoms with Gasteiger partial charge in [0.05, 0.1) is 12.1 Å². The maximum Gasteiger partial charge on any atom is 0.199 e. The largest absolute Gasteiger partial charge is 0.478 e. The first-order valence-electron chi connectivity index (χ1n) is 8.00. The maximum absolute atomic E-state index is 5.88. The van der Waals surface area contributed by atoms with E-state index in [1.54, 1.807) is 0 Å². The van der Waals surface area contributed by atoms with Gasteiger partial charge < -0.3 is 9.47 Å². The minimum absolute atomic E-state index is 0.0761. The van der Waals surface area contributed by atoms with Gasteiger partial charge in [0.15, 0.2) is 11.8 Å². The van der Waals surface area contributed by atoms with Crippen LogP contribution in [0.4, 0.5) is 0 Å². The van der Waals surface area contributed by atoms with Crippen molar-refractivity contribution in [3.05, 3.63) is 59.7 Å². The molecule has 4 heteroatoms. The van der Waals surface area contributed by atoms with E-state index in [0.717, 1.165) is 0 Å². The van der Waals surface area contributed by atoms with E-state index in [-0.39, 0.29) is 12.1 Å². The lowest BCUT2D eigenvalue weighted by molar-refractivity contribution is 0.265. The Morgan fingerprint density at radius 1 is 0.913 bits per heavy atom. The number of nitrogens with zero attached hydrogens (tertiary/aromatic N) is 2. The van der Waals surface area contributed by atoms with E-state index in [0.29, 0.717) is 25.0 Å². The second-order valence-electron chi connectivity index (χ2n) is 6.58. The smallest absolute Gasteiger partial charge is 0.199 e. The predicted molar refractivity (Wildman–Crippen MR) is 90.1 cm³/mol. The molecule has 0 aliphatic carbocycles. The molecule has 0 saturated heterocycles. The van der Waals surface area contributed by atoms with E-state index in [1.807, 2.05) is 24.3 Å². The molecule has 0 saturated carbocycles. The molecule has 2 aromatic carbocycles. The van der Waals surface area contributed by atoms with E-state index in [2.05, 4.69) is 38.1 Å². The summed E-state index contributed by atoms with van der Waals surface area (Å²) in [5, 5.41) is 0. The highest BCUT2D eigenvalue weighted by atomic mass is 16.5. The van der Waals surface area contributed by atoms with Crippen LogP contribution < -0.4 is 0 Å². The van der Waals surface area contributed by atoms with Crippen LogP contribution in [-0.4, -0.2) is 25.0 Å². The highest BCUT2D eigenvalue weighted by molar-refractivity contribution is 6.05. The monoisotopic (exact) mass is 308 g/mol. The Morgan fingerprint density at radius 2 is 1.39 bits per heavy atom. The van der Waals surface area contributed by atoms with Crippen LogP contribution in [0.1, 0.15) is 37.1 Å². The molecule has 4 rings (SSSR count). The van der Waals surface area contributed by atoms with Gasteiger partial charge in [0, 0.05) is 0 Å². The first-order chi connectivity index (χ1) is 11.1. The molecule has 0 radical (unpaired) electrons. The third-order valence-electron chi connectivity index (χ3n) is 4.52. The average molecular weight is 308 g/mol. The minimum atomic E-state index is -0.442. The normalized spacial score (nSPS) is 24.1. The molecule has 0 aromatic heterocycles. The maximum atomic E-state index is 5.88. The molecule has 0 bridgehead atoms. The molecule has 0 N–H and O–H groups in total. The van der Waals surface area contributed by atoms with Crippen LogP contribution in [0.3, 0.4) is 0 Å². The fraction of sp³-hybridized carbons (Fsp3) is 0.368.